The summed E-state index contributed by atoms with van der Waals surface area (Å²) >= 11 is 0. The number of aliphatic carboxylic acids is 1. The number of fused-ring (bicyclic) bond motifs is 1. The number of hydrogen-bond acceptors (Lipinski definition) is 3. The van der Waals surface area contributed by atoms with E-state index in [0.29, 0.717) is 6.54 Å². The van der Waals surface area contributed by atoms with Crippen molar-refractivity contribution in [1.29, 1.82) is 0 Å². The molecule has 1 aliphatic carbocycles. The van der Waals surface area contributed by atoms with E-state index >= 15 is 0 Å². The van der Waals surface area contributed by atoms with Gasteiger partial charge in [0.05, 0.1) is 12.0 Å². The zero-order chi connectivity index (χ0) is 18.0. The van der Waals surface area contributed by atoms with Crippen molar-refractivity contribution in [3.05, 3.63) is 29.3 Å². The summed E-state index contributed by atoms with van der Waals surface area (Å²) in [6.07, 6.45) is 4.43. The molecule has 2 atom stereocenters. The topological polar surface area (TPSA) is 69.6 Å². The fourth-order valence-electron chi connectivity index (χ4n) is 4.65. The van der Waals surface area contributed by atoms with Crippen LogP contribution >= 0.6 is 0 Å². The van der Waals surface area contributed by atoms with E-state index in [0.717, 1.165) is 55.5 Å². The zero-order valence-electron chi connectivity index (χ0n) is 15.2. The van der Waals surface area contributed by atoms with Gasteiger partial charge in [0, 0.05) is 18.8 Å². The van der Waals surface area contributed by atoms with E-state index in [1.54, 1.807) is 0 Å². The van der Waals surface area contributed by atoms with Crippen molar-refractivity contribution in [2.75, 3.05) is 25.0 Å². The second-order valence-electron chi connectivity index (χ2n) is 7.43. The van der Waals surface area contributed by atoms with Crippen molar-refractivity contribution in [2.45, 2.75) is 46.0 Å². The molecule has 2 N–H and O–H groups in total. The number of carbonyl (C=O) groups is 2. The number of anilines is 1. The van der Waals surface area contributed by atoms with E-state index in [1.807, 2.05) is 11.0 Å². The molecule has 5 heteroatoms. The molecule has 136 valence electrons. The number of para-hydroxylation sites is 1. The highest BCUT2D eigenvalue weighted by Gasteiger charge is 2.54. The second-order valence-corrected chi connectivity index (χ2v) is 7.43. The van der Waals surface area contributed by atoms with Crippen molar-refractivity contribution in [3.63, 3.8) is 0 Å². The number of aryl methyl sites for hydroxylation is 2. The van der Waals surface area contributed by atoms with Crippen LogP contribution in [0.5, 0.6) is 0 Å². The van der Waals surface area contributed by atoms with Crippen LogP contribution in [0.2, 0.25) is 0 Å². The minimum Gasteiger partial charge on any atom is -0.481 e. The van der Waals surface area contributed by atoms with Gasteiger partial charge in [-0.2, -0.15) is 0 Å². The van der Waals surface area contributed by atoms with E-state index in [1.165, 1.54) is 0 Å². The molecule has 0 bridgehead atoms. The van der Waals surface area contributed by atoms with Crippen LogP contribution in [-0.4, -0.2) is 41.5 Å². The molecule has 2 fully saturated rings. The van der Waals surface area contributed by atoms with Gasteiger partial charge in [-0.1, -0.05) is 38.5 Å². The number of nitrogens with one attached hydrogen (secondary N) is 1. The summed E-state index contributed by atoms with van der Waals surface area (Å²) in [5.74, 6) is -0.550. The Morgan fingerprint density at radius 1 is 1.28 bits per heavy atom. The molecular formula is C20H28N2O3. The third kappa shape index (κ3) is 3.30. The zero-order valence-corrected chi connectivity index (χ0v) is 15.2. The molecule has 5 nitrogen and oxygen atoms in total. The van der Waals surface area contributed by atoms with E-state index in [-0.39, 0.29) is 18.4 Å². The van der Waals surface area contributed by atoms with Crippen molar-refractivity contribution in [1.82, 2.24) is 4.90 Å². The van der Waals surface area contributed by atoms with Crippen LogP contribution in [0.15, 0.2) is 18.2 Å². The molecule has 3 rings (SSSR count). The maximum absolute atomic E-state index is 12.6. The van der Waals surface area contributed by atoms with Crippen LogP contribution in [0.3, 0.4) is 0 Å². The Balaban J connectivity index is 1.68. The Labute approximate surface area is 149 Å². The van der Waals surface area contributed by atoms with Crippen molar-refractivity contribution in [2.24, 2.45) is 11.3 Å². The van der Waals surface area contributed by atoms with Crippen LogP contribution in [0.1, 0.15) is 44.2 Å². The molecule has 1 aromatic carbocycles. The van der Waals surface area contributed by atoms with Gasteiger partial charge in [-0.25, -0.2) is 0 Å². The van der Waals surface area contributed by atoms with Crippen LogP contribution in [0, 0.1) is 11.3 Å². The summed E-state index contributed by atoms with van der Waals surface area (Å²) in [6, 6.07) is 6.13. The van der Waals surface area contributed by atoms with Gasteiger partial charge in [0.25, 0.3) is 0 Å². The minimum absolute atomic E-state index is 0.0453. The van der Waals surface area contributed by atoms with E-state index in [4.69, 9.17) is 0 Å². The highest BCUT2D eigenvalue weighted by atomic mass is 16.4. The minimum atomic E-state index is -0.692. The Kier molecular flexibility index (Phi) is 5.13. The highest BCUT2D eigenvalue weighted by Crippen LogP contribution is 2.48. The average Bonchev–Trinajstić information content (AvgIpc) is 3.12. The van der Waals surface area contributed by atoms with Gasteiger partial charge in [-0.15, -0.1) is 0 Å². The summed E-state index contributed by atoms with van der Waals surface area (Å²) in [4.78, 5) is 26.4. The molecule has 1 saturated carbocycles. The molecule has 1 amide bonds. The molecule has 0 spiro atoms. The number of carbonyl (C=O) groups excluding carboxylic acids is 1. The first-order valence-corrected chi connectivity index (χ1v) is 9.36. The predicted octanol–water partition coefficient (Wildman–Crippen LogP) is 2.94. The average molecular weight is 344 g/mol. The third-order valence-electron chi connectivity index (χ3n) is 6.00. The van der Waals surface area contributed by atoms with E-state index in [9.17, 15) is 14.7 Å². The molecule has 1 aromatic rings. The lowest BCUT2D eigenvalue weighted by molar-refractivity contribution is -0.149. The summed E-state index contributed by atoms with van der Waals surface area (Å²) in [7, 11) is 0. The number of nitrogens with zero attached hydrogens (tertiary/aromatic N) is 1. The number of rotatable bonds is 6. The van der Waals surface area contributed by atoms with Crippen molar-refractivity contribution in [3.8, 4) is 0 Å². The maximum Gasteiger partial charge on any atom is 0.311 e. The molecular weight excluding hydrogens is 316 g/mol. The fraction of sp³-hybridized carbons (Fsp3) is 0.600. The van der Waals surface area contributed by atoms with Gasteiger partial charge < -0.3 is 10.4 Å². The highest BCUT2D eigenvalue weighted by molar-refractivity contribution is 5.94. The predicted molar refractivity (Wildman–Crippen MR) is 97.7 cm³/mol. The first-order chi connectivity index (χ1) is 12.0. The number of benzene rings is 1. The number of carboxylic acids is 1. The quantitative estimate of drug-likeness (QED) is 0.832. The smallest absolute Gasteiger partial charge is 0.311 e. The Hall–Kier alpha value is -1.88. The number of amides is 1. The van der Waals surface area contributed by atoms with Gasteiger partial charge >= 0.3 is 5.97 Å². The third-order valence-corrected chi connectivity index (χ3v) is 6.00. The van der Waals surface area contributed by atoms with Gasteiger partial charge in [0.15, 0.2) is 0 Å². The molecule has 2 aliphatic rings. The Morgan fingerprint density at radius 3 is 2.52 bits per heavy atom. The summed E-state index contributed by atoms with van der Waals surface area (Å²) in [6.45, 7) is 5.66. The monoisotopic (exact) mass is 344 g/mol. The second kappa shape index (κ2) is 7.16. The van der Waals surface area contributed by atoms with E-state index < -0.39 is 11.4 Å². The van der Waals surface area contributed by atoms with Crippen molar-refractivity contribution >= 4 is 17.6 Å². The van der Waals surface area contributed by atoms with Crippen molar-refractivity contribution < 1.29 is 14.7 Å². The first-order valence-electron chi connectivity index (χ1n) is 9.36. The van der Waals surface area contributed by atoms with Gasteiger partial charge in [0.1, 0.15) is 0 Å². The lowest BCUT2D eigenvalue weighted by Crippen LogP contribution is -2.37. The largest absolute Gasteiger partial charge is 0.481 e. The maximum atomic E-state index is 12.6. The van der Waals surface area contributed by atoms with Gasteiger partial charge in [0.2, 0.25) is 5.91 Å². The number of likely N-dealkylation sites (tertiary alicyclic amines) is 1. The standard InChI is InChI=1S/C20H28N2O3/c1-3-14-7-5-8-15(4-2)18(14)21-17(23)12-22-11-16-9-6-10-20(16,13-22)19(24)25/h5,7-8,16H,3-4,6,9-13H2,1-2H3,(H,21,23)(H,24,25)/t16-,20+/m0/s1. The normalized spacial score (nSPS) is 25.8. The molecule has 0 unspecified atom stereocenters. The van der Waals surface area contributed by atoms with Crippen LogP contribution in [-0.2, 0) is 22.4 Å². The molecule has 0 radical (unpaired) electrons. The molecule has 25 heavy (non-hydrogen) atoms. The molecule has 1 saturated heterocycles. The van der Waals surface area contributed by atoms with Crippen LogP contribution < -0.4 is 5.32 Å². The Bertz CT molecular complexity index is 651. The molecule has 1 heterocycles. The van der Waals surface area contributed by atoms with E-state index in [2.05, 4.69) is 31.3 Å². The fourth-order valence-corrected chi connectivity index (χ4v) is 4.65. The summed E-state index contributed by atoms with van der Waals surface area (Å²) in [5, 5.41) is 12.8. The first kappa shape index (κ1) is 17.9. The van der Waals surface area contributed by atoms with Crippen LogP contribution in [0.25, 0.3) is 0 Å². The number of carboxylic acid groups (broad SMARTS) is 1. The SMILES string of the molecule is CCc1cccc(CC)c1NC(=O)CN1C[C@@H]2CCC[C@@]2(C(=O)O)C1. The summed E-state index contributed by atoms with van der Waals surface area (Å²) in [5.41, 5.74) is 2.60. The van der Waals surface area contributed by atoms with Gasteiger partial charge in [-0.3, -0.25) is 14.5 Å². The summed E-state index contributed by atoms with van der Waals surface area (Å²) < 4.78 is 0. The molecule has 1 aliphatic heterocycles. The van der Waals surface area contributed by atoms with Crippen LogP contribution in [0.4, 0.5) is 5.69 Å². The lowest BCUT2D eigenvalue weighted by atomic mass is 9.81. The van der Waals surface area contributed by atoms with Gasteiger partial charge in [-0.05, 0) is 42.7 Å². The number of hydrogen-bond donors (Lipinski definition) is 2. The molecule has 0 aromatic heterocycles. The Morgan fingerprint density at radius 2 is 1.96 bits per heavy atom. The lowest BCUT2D eigenvalue weighted by Gasteiger charge is -2.23.